The van der Waals surface area contributed by atoms with E-state index in [1.165, 1.54) is 23.5 Å². The largest absolute Gasteiger partial charge is 0.420 e. The van der Waals surface area contributed by atoms with Gasteiger partial charge in [0.1, 0.15) is 11.6 Å². The van der Waals surface area contributed by atoms with Gasteiger partial charge in [-0.25, -0.2) is 18.6 Å². The van der Waals surface area contributed by atoms with E-state index in [1.54, 1.807) is 40.5 Å². The van der Waals surface area contributed by atoms with Gasteiger partial charge in [0.25, 0.3) is 0 Å². The number of halogens is 3. The molecule has 2 aromatic heterocycles. The summed E-state index contributed by atoms with van der Waals surface area (Å²) >= 11 is 7.20. The van der Waals surface area contributed by atoms with Crippen molar-refractivity contribution in [3.63, 3.8) is 0 Å². The molecule has 0 atom stereocenters. The molecule has 2 aromatic carbocycles. The van der Waals surface area contributed by atoms with E-state index in [0.29, 0.717) is 16.6 Å². The lowest BCUT2D eigenvalue weighted by atomic mass is 10.1. The molecule has 0 radical (unpaired) electrons. The number of carbonyl (C=O) groups is 1. The van der Waals surface area contributed by atoms with Gasteiger partial charge in [-0.05, 0) is 35.7 Å². The third-order valence-electron chi connectivity index (χ3n) is 4.43. The van der Waals surface area contributed by atoms with Gasteiger partial charge in [-0.3, -0.25) is 5.32 Å². The highest BCUT2D eigenvalue weighted by molar-refractivity contribution is 7.13. The number of nitrogens with one attached hydrogen (secondary N) is 1. The van der Waals surface area contributed by atoms with Crippen LogP contribution >= 0.6 is 22.9 Å². The minimum atomic E-state index is -0.716. The van der Waals surface area contributed by atoms with Gasteiger partial charge in [0, 0.05) is 40.5 Å². The van der Waals surface area contributed by atoms with Crippen LogP contribution in [0.3, 0.4) is 0 Å². The van der Waals surface area contributed by atoms with E-state index in [1.807, 2.05) is 12.1 Å². The second-order valence-electron chi connectivity index (χ2n) is 6.71. The molecule has 0 aliphatic heterocycles. The predicted octanol–water partition coefficient (Wildman–Crippen LogP) is 6.13. The molecule has 0 aliphatic rings. The molecule has 0 bridgehead atoms. The van der Waals surface area contributed by atoms with Gasteiger partial charge in [0.2, 0.25) is 5.88 Å². The van der Waals surface area contributed by atoms with E-state index in [2.05, 4.69) is 10.3 Å². The minimum Gasteiger partial charge on any atom is -0.393 e. The standard InChI is InChI=1S/C22H16ClF2N3O2S/c23-17-4-1-14(2-5-17)9-15-10-20(30-22(29)27-21-26-7-8-31-21)28(12-15)13-16-3-6-18(24)11-19(16)25/h1-8,10-12H,9,13H2,(H,26,27,29). The van der Waals surface area contributed by atoms with Crippen molar-refractivity contribution >= 4 is 34.2 Å². The quantitative estimate of drug-likeness (QED) is 0.377. The van der Waals surface area contributed by atoms with Crippen LogP contribution < -0.4 is 10.1 Å². The van der Waals surface area contributed by atoms with Crippen LogP contribution in [-0.4, -0.2) is 15.6 Å². The van der Waals surface area contributed by atoms with Crippen molar-refractivity contribution in [2.24, 2.45) is 0 Å². The molecule has 0 saturated heterocycles. The Labute approximate surface area is 185 Å². The fourth-order valence-electron chi connectivity index (χ4n) is 3.02. The minimum absolute atomic E-state index is 0.0621. The molecule has 0 unspecified atom stereocenters. The summed E-state index contributed by atoms with van der Waals surface area (Å²) in [5.74, 6) is -1.11. The van der Waals surface area contributed by atoms with Crippen LogP contribution in [0, 0.1) is 11.6 Å². The zero-order valence-electron chi connectivity index (χ0n) is 16.0. The topological polar surface area (TPSA) is 56.1 Å². The summed E-state index contributed by atoms with van der Waals surface area (Å²) in [6.07, 6.45) is 3.17. The molecule has 5 nitrogen and oxygen atoms in total. The van der Waals surface area contributed by atoms with Gasteiger partial charge in [0.15, 0.2) is 5.13 Å². The summed E-state index contributed by atoms with van der Waals surface area (Å²) in [6.45, 7) is 0.0621. The fraction of sp³-hybridized carbons (Fsp3) is 0.0909. The van der Waals surface area contributed by atoms with Crippen molar-refractivity contribution in [2.45, 2.75) is 13.0 Å². The first-order valence-corrected chi connectivity index (χ1v) is 10.5. The number of anilines is 1. The van der Waals surface area contributed by atoms with Gasteiger partial charge in [-0.1, -0.05) is 29.8 Å². The molecule has 1 N–H and O–H groups in total. The van der Waals surface area contributed by atoms with Crippen LogP contribution in [0.25, 0.3) is 0 Å². The highest BCUT2D eigenvalue weighted by Gasteiger charge is 2.15. The van der Waals surface area contributed by atoms with E-state index < -0.39 is 17.7 Å². The van der Waals surface area contributed by atoms with Crippen LogP contribution in [0.2, 0.25) is 5.02 Å². The molecule has 4 rings (SSSR count). The summed E-state index contributed by atoms with van der Waals surface area (Å²) in [6, 6.07) is 12.5. The smallest absolute Gasteiger partial charge is 0.393 e. The summed E-state index contributed by atoms with van der Waals surface area (Å²) < 4.78 is 34.5. The number of hydrogen-bond acceptors (Lipinski definition) is 4. The number of ether oxygens (including phenoxy) is 1. The maximum atomic E-state index is 14.2. The summed E-state index contributed by atoms with van der Waals surface area (Å²) in [5, 5.41) is 5.29. The van der Waals surface area contributed by atoms with Gasteiger partial charge >= 0.3 is 6.09 Å². The number of nitrogens with zero attached hydrogens (tertiary/aromatic N) is 2. The molecule has 0 aliphatic carbocycles. The van der Waals surface area contributed by atoms with E-state index in [0.717, 1.165) is 17.2 Å². The second-order valence-corrected chi connectivity index (χ2v) is 8.04. The van der Waals surface area contributed by atoms with Crippen LogP contribution in [0.15, 0.2) is 66.3 Å². The summed E-state index contributed by atoms with van der Waals surface area (Å²) in [5.41, 5.74) is 2.12. The maximum Gasteiger partial charge on any atom is 0.420 e. The highest BCUT2D eigenvalue weighted by Crippen LogP contribution is 2.24. The third-order valence-corrected chi connectivity index (χ3v) is 5.37. The molecule has 0 fully saturated rings. The van der Waals surface area contributed by atoms with Gasteiger partial charge in [0.05, 0.1) is 6.54 Å². The van der Waals surface area contributed by atoms with Crippen molar-refractivity contribution < 1.29 is 18.3 Å². The van der Waals surface area contributed by atoms with Crippen LogP contribution in [0.1, 0.15) is 16.7 Å². The maximum absolute atomic E-state index is 14.2. The Hall–Kier alpha value is -3.23. The average molecular weight is 460 g/mol. The first-order chi connectivity index (χ1) is 15.0. The van der Waals surface area contributed by atoms with E-state index in [4.69, 9.17) is 16.3 Å². The van der Waals surface area contributed by atoms with E-state index in [9.17, 15) is 13.6 Å². The lowest BCUT2D eigenvalue weighted by Crippen LogP contribution is -2.18. The number of carbonyl (C=O) groups excluding carboxylic acids is 1. The fourth-order valence-corrected chi connectivity index (χ4v) is 3.66. The number of thiazole rings is 1. The molecule has 0 spiro atoms. The average Bonchev–Trinajstić information content (AvgIpc) is 3.36. The number of aromatic nitrogens is 2. The molecule has 4 aromatic rings. The first kappa shape index (κ1) is 21.0. The monoisotopic (exact) mass is 459 g/mol. The molecule has 0 saturated carbocycles. The highest BCUT2D eigenvalue weighted by atomic mass is 35.5. The zero-order chi connectivity index (χ0) is 21.8. The molecular formula is C22H16ClF2N3O2S. The van der Waals surface area contributed by atoms with Crippen molar-refractivity contribution in [2.75, 3.05) is 5.32 Å². The number of hydrogen-bond donors (Lipinski definition) is 1. The first-order valence-electron chi connectivity index (χ1n) is 9.22. The van der Waals surface area contributed by atoms with Crippen molar-refractivity contribution in [3.8, 4) is 5.88 Å². The lowest BCUT2D eigenvalue weighted by molar-refractivity contribution is 0.211. The zero-order valence-corrected chi connectivity index (χ0v) is 17.6. The van der Waals surface area contributed by atoms with Gasteiger partial charge in [-0.15, -0.1) is 11.3 Å². The van der Waals surface area contributed by atoms with Crippen molar-refractivity contribution in [3.05, 3.63) is 99.7 Å². The summed E-state index contributed by atoms with van der Waals surface area (Å²) in [7, 11) is 0. The lowest BCUT2D eigenvalue weighted by Gasteiger charge is -2.10. The van der Waals surface area contributed by atoms with Crippen LogP contribution in [0.5, 0.6) is 5.88 Å². The normalized spacial score (nSPS) is 10.8. The van der Waals surface area contributed by atoms with Gasteiger partial charge < -0.3 is 9.30 Å². The number of rotatable bonds is 6. The molecule has 158 valence electrons. The van der Waals surface area contributed by atoms with Crippen LogP contribution in [-0.2, 0) is 13.0 Å². The van der Waals surface area contributed by atoms with Crippen LogP contribution in [0.4, 0.5) is 18.7 Å². The Kier molecular flexibility index (Phi) is 6.29. The molecule has 1 amide bonds. The Morgan fingerprint density at radius 2 is 1.94 bits per heavy atom. The molecule has 2 heterocycles. The van der Waals surface area contributed by atoms with Gasteiger partial charge in [-0.2, -0.15) is 0 Å². The predicted molar refractivity (Wildman–Crippen MR) is 116 cm³/mol. The number of amides is 1. The van der Waals surface area contributed by atoms with Crippen molar-refractivity contribution in [1.82, 2.24) is 9.55 Å². The Morgan fingerprint density at radius 1 is 1.13 bits per heavy atom. The Balaban J connectivity index is 1.59. The molecule has 31 heavy (non-hydrogen) atoms. The van der Waals surface area contributed by atoms with E-state index >= 15 is 0 Å². The molecular weight excluding hydrogens is 444 g/mol. The number of benzene rings is 2. The SMILES string of the molecule is O=C(Nc1nccs1)Oc1cc(Cc2ccc(Cl)cc2)cn1Cc1ccc(F)cc1F. The molecule has 9 heteroatoms. The van der Waals surface area contributed by atoms with E-state index in [-0.39, 0.29) is 18.0 Å². The Morgan fingerprint density at radius 3 is 2.65 bits per heavy atom. The Bertz CT molecular complexity index is 1190. The third kappa shape index (κ3) is 5.48. The summed E-state index contributed by atoms with van der Waals surface area (Å²) in [4.78, 5) is 16.3. The second kappa shape index (κ2) is 9.28. The van der Waals surface area contributed by atoms with Crippen molar-refractivity contribution in [1.29, 1.82) is 0 Å².